The van der Waals surface area contributed by atoms with Gasteiger partial charge < -0.3 is 14.8 Å². The van der Waals surface area contributed by atoms with Gasteiger partial charge in [0.1, 0.15) is 23.3 Å². The van der Waals surface area contributed by atoms with Crippen molar-refractivity contribution in [2.75, 3.05) is 22.7 Å². The highest BCUT2D eigenvalue weighted by atomic mass is 32.2. The Kier molecular flexibility index (Phi) is 7.35. The van der Waals surface area contributed by atoms with E-state index in [1.54, 1.807) is 19.9 Å². The lowest BCUT2D eigenvalue weighted by molar-refractivity contribution is -0.119. The van der Waals surface area contributed by atoms with Gasteiger partial charge in [-0.05, 0) is 62.7 Å². The van der Waals surface area contributed by atoms with Crippen LogP contribution in [0.15, 0.2) is 47.4 Å². The smallest absolute Gasteiger partial charge is 0.412 e. The first kappa shape index (κ1) is 25.3. The molecule has 1 atom stereocenters. The van der Waals surface area contributed by atoms with Crippen LogP contribution in [0.1, 0.15) is 34.1 Å². The second kappa shape index (κ2) is 9.88. The molecule has 2 aromatic rings. The van der Waals surface area contributed by atoms with Gasteiger partial charge in [0.25, 0.3) is 10.0 Å². The Morgan fingerprint density at radius 1 is 1.21 bits per heavy atom. The van der Waals surface area contributed by atoms with Crippen LogP contribution >= 0.6 is 0 Å². The fourth-order valence-corrected chi connectivity index (χ4v) is 4.68. The lowest BCUT2D eigenvalue weighted by Gasteiger charge is -2.35. The number of rotatable bonds is 7. The first-order valence-electron chi connectivity index (χ1n) is 10.7. The number of sulfonamides is 1. The second-order valence-corrected chi connectivity index (χ2v) is 10.3. The molecule has 1 heterocycles. The predicted molar refractivity (Wildman–Crippen MR) is 125 cm³/mol. The Labute approximate surface area is 198 Å². The summed E-state index contributed by atoms with van der Waals surface area (Å²) in [6, 6.07) is 9.03. The van der Waals surface area contributed by atoms with Gasteiger partial charge in [0.2, 0.25) is 5.91 Å². The van der Waals surface area contributed by atoms with Gasteiger partial charge in [-0.3, -0.25) is 14.4 Å². The molecule has 34 heavy (non-hydrogen) atoms. The number of amides is 2. The van der Waals surface area contributed by atoms with E-state index >= 15 is 0 Å². The van der Waals surface area contributed by atoms with Crippen LogP contribution < -0.4 is 19.7 Å². The molecule has 11 heteroatoms. The van der Waals surface area contributed by atoms with Crippen molar-refractivity contribution in [3.63, 3.8) is 0 Å². The molecule has 1 unspecified atom stereocenters. The maximum Gasteiger partial charge on any atom is 0.412 e. The monoisotopic (exact) mass is 493 g/mol. The van der Waals surface area contributed by atoms with E-state index in [4.69, 9.17) is 9.47 Å². The number of carbonyl (C=O) groups excluding carboxylic acids is 2. The maximum atomic E-state index is 13.5. The molecule has 0 spiro atoms. The highest BCUT2D eigenvalue weighted by Gasteiger charge is 2.35. The first-order valence-corrected chi connectivity index (χ1v) is 12.2. The molecule has 0 fully saturated rings. The summed E-state index contributed by atoms with van der Waals surface area (Å²) >= 11 is 0. The first-order chi connectivity index (χ1) is 15.9. The zero-order chi connectivity index (χ0) is 25.1. The van der Waals surface area contributed by atoms with Crippen LogP contribution in [0.2, 0.25) is 0 Å². The SMILES string of the molecule is CCC(C)(C)OC(=O)Nc1ccc2c(c1)N(S(=O)(=O)c1ccc(F)cc1)CC(CNC(C)=O)O2. The minimum Gasteiger partial charge on any atom is -0.484 e. The summed E-state index contributed by atoms with van der Waals surface area (Å²) in [5.74, 6) is -0.597. The number of nitrogens with one attached hydrogen (secondary N) is 2. The van der Waals surface area contributed by atoms with E-state index in [2.05, 4.69) is 10.6 Å². The summed E-state index contributed by atoms with van der Waals surface area (Å²) in [4.78, 5) is 23.6. The van der Waals surface area contributed by atoms with Crippen molar-refractivity contribution in [3.8, 4) is 5.75 Å². The van der Waals surface area contributed by atoms with E-state index in [-0.39, 0.29) is 35.3 Å². The number of hydrogen-bond donors (Lipinski definition) is 2. The predicted octanol–water partition coefficient (Wildman–Crippen LogP) is 3.66. The number of halogens is 1. The molecule has 0 aliphatic carbocycles. The van der Waals surface area contributed by atoms with Gasteiger partial charge in [0.05, 0.1) is 23.7 Å². The molecule has 2 amide bonds. The molecule has 0 saturated carbocycles. The molecule has 0 bridgehead atoms. The fraction of sp³-hybridized carbons (Fsp3) is 0.391. The summed E-state index contributed by atoms with van der Waals surface area (Å²) in [6.45, 7) is 6.77. The minimum absolute atomic E-state index is 0.0860. The third kappa shape index (κ3) is 5.96. The molecule has 9 nitrogen and oxygen atoms in total. The average Bonchev–Trinajstić information content (AvgIpc) is 2.77. The minimum atomic E-state index is -4.11. The molecular weight excluding hydrogens is 465 g/mol. The van der Waals surface area contributed by atoms with Crippen molar-refractivity contribution >= 4 is 33.4 Å². The quantitative estimate of drug-likeness (QED) is 0.609. The highest BCUT2D eigenvalue weighted by molar-refractivity contribution is 7.92. The number of carbonyl (C=O) groups is 2. The van der Waals surface area contributed by atoms with Crippen LogP contribution in [-0.4, -0.2) is 45.2 Å². The molecule has 1 aliphatic rings. The molecule has 1 aliphatic heterocycles. The van der Waals surface area contributed by atoms with E-state index in [1.165, 1.54) is 31.2 Å². The molecule has 0 radical (unpaired) electrons. The number of ether oxygens (including phenoxy) is 2. The van der Waals surface area contributed by atoms with Crippen LogP contribution in [0.5, 0.6) is 5.75 Å². The number of nitrogens with zero attached hydrogens (tertiary/aromatic N) is 1. The van der Waals surface area contributed by atoms with Gasteiger partial charge in [0, 0.05) is 12.6 Å². The molecule has 0 saturated heterocycles. The van der Waals surface area contributed by atoms with E-state index in [0.29, 0.717) is 12.1 Å². The Hall–Kier alpha value is -3.34. The third-order valence-corrected chi connectivity index (χ3v) is 7.13. The summed E-state index contributed by atoms with van der Waals surface area (Å²) in [5, 5.41) is 5.23. The number of benzene rings is 2. The van der Waals surface area contributed by atoms with E-state index in [9.17, 15) is 22.4 Å². The van der Waals surface area contributed by atoms with Crippen molar-refractivity contribution in [1.82, 2.24) is 5.32 Å². The van der Waals surface area contributed by atoms with Crippen molar-refractivity contribution in [1.29, 1.82) is 0 Å². The highest BCUT2D eigenvalue weighted by Crippen LogP contribution is 2.39. The summed E-state index contributed by atoms with van der Waals surface area (Å²) in [6.07, 6.45) is -0.738. The maximum absolute atomic E-state index is 13.5. The lowest BCUT2D eigenvalue weighted by atomic mass is 10.1. The van der Waals surface area contributed by atoms with Gasteiger partial charge in [-0.1, -0.05) is 6.92 Å². The van der Waals surface area contributed by atoms with Crippen LogP contribution in [0.25, 0.3) is 0 Å². The zero-order valence-corrected chi connectivity index (χ0v) is 20.2. The largest absolute Gasteiger partial charge is 0.484 e. The molecule has 3 rings (SSSR count). The van der Waals surface area contributed by atoms with Crippen molar-refractivity contribution < 1.29 is 31.9 Å². The van der Waals surface area contributed by atoms with Crippen molar-refractivity contribution in [2.24, 2.45) is 0 Å². The topological polar surface area (TPSA) is 114 Å². The van der Waals surface area contributed by atoms with Gasteiger partial charge in [-0.2, -0.15) is 0 Å². The molecule has 0 aromatic heterocycles. The summed E-state index contributed by atoms with van der Waals surface area (Å²) in [7, 11) is -4.11. The Bertz CT molecular complexity index is 1170. The molecule has 2 aromatic carbocycles. The standard InChI is InChI=1S/C23H28FN3O6S/c1-5-23(3,4)33-22(29)26-17-8-11-21-20(12-17)27(14-18(32-21)13-25-15(2)28)34(30,31)19-9-6-16(24)7-10-19/h6-12,18H,5,13-14H2,1-4H3,(H,25,28)(H,26,29). The van der Waals surface area contributed by atoms with Crippen molar-refractivity contribution in [2.45, 2.75) is 50.7 Å². The van der Waals surface area contributed by atoms with Gasteiger partial charge in [-0.25, -0.2) is 17.6 Å². The second-order valence-electron chi connectivity index (χ2n) is 8.48. The summed E-state index contributed by atoms with van der Waals surface area (Å²) in [5.41, 5.74) is -0.175. The number of anilines is 2. The van der Waals surface area contributed by atoms with E-state index in [0.717, 1.165) is 16.4 Å². The zero-order valence-electron chi connectivity index (χ0n) is 19.4. The summed E-state index contributed by atoms with van der Waals surface area (Å²) < 4.78 is 52.7. The van der Waals surface area contributed by atoms with Crippen LogP contribution in [0.3, 0.4) is 0 Å². The number of hydrogen-bond acceptors (Lipinski definition) is 6. The number of fused-ring (bicyclic) bond motifs is 1. The van der Waals surface area contributed by atoms with Crippen molar-refractivity contribution in [3.05, 3.63) is 48.3 Å². The van der Waals surface area contributed by atoms with Gasteiger partial charge >= 0.3 is 6.09 Å². The molecular formula is C23H28FN3O6S. The average molecular weight is 494 g/mol. The van der Waals surface area contributed by atoms with Gasteiger partial charge in [-0.15, -0.1) is 0 Å². The molecule has 184 valence electrons. The Morgan fingerprint density at radius 3 is 2.50 bits per heavy atom. The van der Waals surface area contributed by atoms with Crippen LogP contribution in [0.4, 0.5) is 20.6 Å². The van der Waals surface area contributed by atoms with Gasteiger partial charge in [0.15, 0.2) is 0 Å². The third-order valence-electron chi connectivity index (χ3n) is 5.34. The van der Waals surface area contributed by atoms with E-state index < -0.39 is 33.6 Å². The lowest BCUT2D eigenvalue weighted by Crippen LogP contribution is -2.48. The normalized spacial score (nSPS) is 15.7. The van der Waals surface area contributed by atoms with Crippen LogP contribution in [-0.2, 0) is 19.6 Å². The Morgan fingerprint density at radius 2 is 1.88 bits per heavy atom. The fourth-order valence-electron chi connectivity index (χ4n) is 3.18. The Balaban J connectivity index is 1.96. The van der Waals surface area contributed by atoms with Crippen LogP contribution in [0, 0.1) is 5.82 Å². The molecule has 2 N–H and O–H groups in total. The van der Waals surface area contributed by atoms with E-state index in [1.807, 2.05) is 6.92 Å².